The van der Waals surface area contributed by atoms with Crippen molar-refractivity contribution in [2.75, 3.05) is 18.3 Å². The molecule has 0 bridgehead atoms. The predicted octanol–water partition coefficient (Wildman–Crippen LogP) is 3.44. The molecule has 0 radical (unpaired) electrons. The van der Waals surface area contributed by atoms with Gasteiger partial charge in [-0.05, 0) is 43.3 Å². The van der Waals surface area contributed by atoms with Gasteiger partial charge in [0.05, 0.1) is 23.1 Å². The van der Waals surface area contributed by atoms with Gasteiger partial charge in [0.15, 0.2) is 5.82 Å². The van der Waals surface area contributed by atoms with Gasteiger partial charge in [-0.2, -0.15) is 0 Å². The summed E-state index contributed by atoms with van der Waals surface area (Å²) in [6.07, 6.45) is 0. The summed E-state index contributed by atoms with van der Waals surface area (Å²) < 4.78 is 6.51. The lowest BCUT2D eigenvalue weighted by atomic mass is 10.2. The highest BCUT2D eigenvalue weighted by atomic mass is 35.5. The number of hydrogen-bond acceptors (Lipinski definition) is 6. The van der Waals surface area contributed by atoms with E-state index >= 15 is 0 Å². The molecule has 140 valence electrons. The Morgan fingerprint density at radius 3 is 2.59 bits per heavy atom. The van der Waals surface area contributed by atoms with Crippen molar-refractivity contribution in [1.29, 1.82) is 0 Å². The molecule has 1 unspecified atom stereocenters. The Hall–Kier alpha value is -2.71. The molecule has 0 aliphatic heterocycles. The third-order valence-corrected chi connectivity index (χ3v) is 5.18. The number of benzene rings is 2. The molecular formula is C18H18ClN5O2S. The summed E-state index contributed by atoms with van der Waals surface area (Å²) in [6.45, 7) is 1.76. The van der Waals surface area contributed by atoms with Crippen LogP contribution < -0.4 is 15.9 Å². The zero-order valence-corrected chi connectivity index (χ0v) is 16.3. The van der Waals surface area contributed by atoms with E-state index in [1.54, 1.807) is 38.3 Å². The van der Waals surface area contributed by atoms with E-state index in [-0.39, 0.29) is 5.91 Å². The maximum absolute atomic E-state index is 12.4. The SMILES string of the molecule is COc1ccc(-c2nnc(SC(C)C(=O)Nc3ccccc3Cl)n2N)cc1. The summed E-state index contributed by atoms with van der Waals surface area (Å²) in [4.78, 5) is 12.4. The van der Waals surface area contributed by atoms with E-state index in [9.17, 15) is 4.79 Å². The molecule has 1 heterocycles. The smallest absolute Gasteiger partial charge is 0.237 e. The normalized spacial score (nSPS) is 11.8. The Morgan fingerprint density at radius 1 is 1.22 bits per heavy atom. The van der Waals surface area contributed by atoms with Crippen LogP contribution in [0.2, 0.25) is 5.02 Å². The maximum Gasteiger partial charge on any atom is 0.237 e. The number of thioether (sulfide) groups is 1. The molecular weight excluding hydrogens is 386 g/mol. The molecule has 0 saturated heterocycles. The van der Waals surface area contributed by atoms with E-state index in [0.29, 0.717) is 21.7 Å². The zero-order valence-electron chi connectivity index (χ0n) is 14.7. The minimum absolute atomic E-state index is 0.206. The van der Waals surface area contributed by atoms with Crippen molar-refractivity contribution in [3.63, 3.8) is 0 Å². The largest absolute Gasteiger partial charge is 0.497 e. The molecule has 7 nitrogen and oxygen atoms in total. The fraction of sp³-hybridized carbons (Fsp3) is 0.167. The highest BCUT2D eigenvalue weighted by Gasteiger charge is 2.20. The average Bonchev–Trinajstić information content (AvgIpc) is 3.04. The van der Waals surface area contributed by atoms with Crippen LogP contribution in [0.5, 0.6) is 5.75 Å². The van der Waals surface area contributed by atoms with Crippen molar-refractivity contribution in [3.05, 3.63) is 53.6 Å². The fourth-order valence-corrected chi connectivity index (χ4v) is 3.26. The van der Waals surface area contributed by atoms with Crippen LogP contribution in [0.1, 0.15) is 6.92 Å². The van der Waals surface area contributed by atoms with Crippen molar-refractivity contribution in [2.24, 2.45) is 0 Å². The van der Waals surface area contributed by atoms with Crippen LogP contribution in [0, 0.1) is 0 Å². The average molecular weight is 404 g/mol. The highest BCUT2D eigenvalue weighted by Crippen LogP contribution is 2.27. The molecule has 3 rings (SSSR count). The molecule has 0 saturated carbocycles. The number of para-hydroxylation sites is 1. The first kappa shape index (κ1) is 19.1. The van der Waals surface area contributed by atoms with Crippen molar-refractivity contribution in [3.8, 4) is 17.1 Å². The number of halogens is 1. The molecule has 3 N–H and O–H groups in total. The number of anilines is 1. The molecule has 1 atom stereocenters. The van der Waals surface area contributed by atoms with Gasteiger partial charge < -0.3 is 15.9 Å². The van der Waals surface area contributed by atoms with Gasteiger partial charge in [0.25, 0.3) is 0 Å². The molecule has 9 heteroatoms. The van der Waals surface area contributed by atoms with Crippen molar-refractivity contribution in [2.45, 2.75) is 17.3 Å². The lowest BCUT2D eigenvalue weighted by Gasteiger charge is -2.12. The summed E-state index contributed by atoms with van der Waals surface area (Å²) in [5.41, 5.74) is 1.36. The van der Waals surface area contributed by atoms with Crippen molar-refractivity contribution in [1.82, 2.24) is 14.9 Å². The molecule has 1 aromatic heterocycles. The Labute approximate surface area is 165 Å². The zero-order chi connectivity index (χ0) is 19.4. The number of hydrogen-bond donors (Lipinski definition) is 2. The summed E-state index contributed by atoms with van der Waals surface area (Å²) in [5, 5.41) is 11.5. The summed E-state index contributed by atoms with van der Waals surface area (Å²) in [6, 6.07) is 14.4. The number of rotatable bonds is 6. The molecule has 0 fully saturated rings. The van der Waals surface area contributed by atoms with E-state index in [1.165, 1.54) is 16.4 Å². The second-order valence-corrected chi connectivity index (χ2v) is 7.35. The van der Waals surface area contributed by atoms with Crippen molar-refractivity contribution < 1.29 is 9.53 Å². The minimum Gasteiger partial charge on any atom is -0.497 e. The number of nitrogens with one attached hydrogen (secondary N) is 1. The number of nitrogens with two attached hydrogens (primary N) is 1. The van der Waals surface area contributed by atoms with Crippen LogP contribution in [0.3, 0.4) is 0 Å². The summed E-state index contributed by atoms with van der Waals surface area (Å²) in [5.74, 6) is 7.15. The van der Waals surface area contributed by atoms with Gasteiger partial charge in [0, 0.05) is 5.56 Å². The number of ether oxygens (including phenoxy) is 1. The van der Waals surface area contributed by atoms with Crippen LogP contribution in [-0.2, 0) is 4.79 Å². The lowest BCUT2D eigenvalue weighted by Crippen LogP contribution is -2.23. The molecule has 0 aliphatic carbocycles. The Kier molecular flexibility index (Phi) is 5.88. The standard InChI is InChI=1S/C18H18ClN5O2S/c1-11(17(25)21-15-6-4-3-5-14(15)19)27-18-23-22-16(24(18)20)12-7-9-13(26-2)10-8-12/h3-11H,20H2,1-2H3,(H,21,25). The van der Waals surface area contributed by atoms with Gasteiger partial charge in [0.2, 0.25) is 11.1 Å². The first-order valence-electron chi connectivity index (χ1n) is 8.06. The van der Waals surface area contributed by atoms with Crippen LogP contribution in [0.4, 0.5) is 5.69 Å². The monoisotopic (exact) mass is 403 g/mol. The maximum atomic E-state index is 12.4. The Balaban J connectivity index is 1.71. The first-order chi connectivity index (χ1) is 13.0. The van der Waals surface area contributed by atoms with E-state index in [4.69, 9.17) is 22.2 Å². The first-order valence-corrected chi connectivity index (χ1v) is 9.32. The molecule has 0 aliphatic rings. The molecule has 27 heavy (non-hydrogen) atoms. The number of amides is 1. The molecule has 0 spiro atoms. The lowest BCUT2D eigenvalue weighted by molar-refractivity contribution is -0.115. The molecule has 2 aromatic carbocycles. The fourth-order valence-electron chi connectivity index (χ4n) is 2.30. The number of carbonyl (C=O) groups is 1. The number of nitrogens with zero attached hydrogens (tertiary/aromatic N) is 3. The third-order valence-electron chi connectivity index (χ3n) is 3.80. The number of methoxy groups -OCH3 is 1. The Bertz CT molecular complexity index is 945. The van der Waals surface area contributed by atoms with Gasteiger partial charge in [0.1, 0.15) is 5.75 Å². The minimum atomic E-state index is -0.448. The second kappa shape index (κ2) is 8.32. The van der Waals surface area contributed by atoms with Gasteiger partial charge in [-0.15, -0.1) is 10.2 Å². The van der Waals surface area contributed by atoms with Gasteiger partial charge >= 0.3 is 0 Å². The van der Waals surface area contributed by atoms with E-state index < -0.39 is 5.25 Å². The number of aromatic nitrogens is 3. The van der Waals surface area contributed by atoms with Gasteiger partial charge in [-0.25, -0.2) is 4.68 Å². The van der Waals surface area contributed by atoms with Crippen LogP contribution in [0.25, 0.3) is 11.4 Å². The summed E-state index contributed by atoms with van der Waals surface area (Å²) >= 11 is 7.29. The Morgan fingerprint density at radius 2 is 1.93 bits per heavy atom. The van der Waals surface area contributed by atoms with Crippen molar-refractivity contribution >= 4 is 35.0 Å². The van der Waals surface area contributed by atoms with Crippen LogP contribution in [0.15, 0.2) is 53.7 Å². The number of nitrogen functional groups attached to an aromatic ring is 1. The van der Waals surface area contributed by atoms with Gasteiger partial charge in [-0.3, -0.25) is 4.79 Å². The number of carbonyl (C=O) groups excluding carboxylic acids is 1. The second-order valence-electron chi connectivity index (χ2n) is 5.63. The van der Waals surface area contributed by atoms with E-state index in [0.717, 1.165) is 11.3 Å². The van der Waals surface area contributed by atoms with Gasteiger partial charge in [-0.1, -0.05) is 35.5 Å². The molecule has 3 aromatic rings. The third kappa shape index (κ3) is 4.35. The molecule has 1 amide bonds. The topological polar surface area (TPSA) is 95.1 Å². The van der Waals surface area contributed by atoms with E-state index in [2.05, 4.69) is 15.5 Å². The van der Waals surface area contributed by atoms with E-state index in [1.807, 2.05) is 24.3 Å². The quantitative estimate of drug-likeness (QED) is 0.483. The van der Waals surface area contributed by atoms with Crippen LogP contribution in [-0.4, -0.2) is 33.1 Å². The predicted molar refractivity (Wildman–Crippen MR) is 108 cm³/mol. The van der Waals surface area contributed by atoms with Crippen LogP contribution >= 0.6 is 23.4 Å². The summed E-state index contributed by atoms with van der Waals surface area (Å²) in [7, 11) is 1.60. The highest BCUT2D eigenvalue weighted by molar-refractivity contribution is 8.00.